The lowest BCUT2D eigenvalue weighted by molar-refractivity contribution is -0.144. The second-order valence-corrected chi connectivity index (χ2v) is 6.78. The Bertz CT molecular complexity index is 850. The van der Waals surface area contributed by atoms with E-state index in [0.29, 0.717) is 10.0 Å². The Labute approximate surface area is 136 Å². The van der Waals surface area contributed by atoms with E-state index < -0.39 is 11.7 Å². The second kappa shape index (κ2) is 6.42. The Morgan fingerprint density at radius 1 is 1.41 bits per heavy atom. The largest absolute Gasteiger partial charge is 0.457 e. The predicted octanol–water partition coefficient (Wildman–Crippen LogP) is 2.22. The number of hydrogen-bond donors (Lipinski definition) is 2. The van der Waals surface area contributed by atoms with E-state index in [9.17, 15) is 9.59 Å². The Hall–Kier alpha value is -1.97. The molecular weight excluding hydrogens is 348 g/mol. The molecule has 0 fully saturated rings. The molecule has 3 aromatic rings. The molecule has 3 heterocycles. The van der Waals surface area contributed by atoms with Crippen LogP contribution in [0.2, 0.25) is 4.34 Å². The number of carbonyl (C=O) groups is 1. The smallest absolute Gasteiger partial charge is 0.340 e. The van der Waals surface area contributed by atoms with E-state index in [2.05, 4.69) is 20.2 Å². The summed E-state index contributed by atoms with van der Waals surface area (Å²) in [5.74, 6) is -0.171. The maximum atomic E-state index is 11.7. The molecule has 7 nitrogen and oxygen atoms in total. The first-order chi connectivity index (χ1) is 10.6. The number of ether oxygens (including phenoxy) is 1. The van der Waals surface area contributed by atoms with Crippen molar-refractivity contribution in [1.29, 1.82) is 0 Å². The van der Waals surface area contributed by atoms with Gasteiger partial charge in [0.15, 0.2) is 12.4 Å². The number of nitrogens with one attached hydrogen (secondary N) is 2. The van der Waals surface area contributed by atoms with Gasteiger partial charge in [0.1, 0.15) is 5.01 Å². The lowest BCUT2D eigenvalue weighted by Gasteiger charge is -2.00. The van der Waals surface area contributed by atoms with Gasteiger partial charge in [0.2, 0.25) is 0 Å². The van der Waals surface area contributed by atoms with Gasteiger partial charge in [-0.2, -0.15) is 5.10 Å². The minimum Gasteiger partial charge on any atom is -0.457 e. The van der Waals surface area contributed by atoms with Crippen molar-refractivity contribution in [2.24, 2.45) is 0 Å². The minimum atomic E-state index is -0.440. The summed E-state index contributed by atoms with van der Waals surface area (Å²) >= 11 is 8.77. The third-order valence-corrected chi connectivity index (χ3v) is 4.87. The number of nitrogens with zero attached hydrogens (tertiary/aromatic N) is 2. The zero-order valence-electron chi connectivity index (χ0n) is 11.0. The molecule has 0 aromatic carbocycles. The van der Waals surface area contributed by atoms with Crippen LogP contribution in [0, 0.1) is 0 Å². The van der Waals surface area contributed by atoms with E-state index in [1.807, 2.05) is 12.1 Å². The van der Waals surface area contributed by atoms with Crippen LogP contribution in [-0.2, 0) is 22.6 Å². The molecule has 0 aliphatic carbocycles. The summed E-state index contributed by atoms with van der Waals surface area (Å²) in [6.45, 7) is -0.0882. The second-order valence-electron chi connectivity index (χ2n) is 4.21. The molecule has 0 unspecified atom stereocenters. The summed E-state index contributed by atoms with van der Waals surface area (Å²) in [4.78, 5) is 30.3. The Balaban J connectivity index is 1.57. The fourth-order valence-corrected chi connectivity index (χ4v) is 3.59. The summed E-state index contributed by atoms with van der Waals surface area (Å²) in [6, 6.07) is 3.70. The molecule has 3 aromatic heterocycles. The van der Waals surface area contributed by atoms with Gasteiger partial charge in [-0.15, -0.1) is 22.7 Å². The summed E-state index contributed by atoms with van der Waals surface area (Å²) in [6.07, 6.45) is 0.0598. The molecule has 3 rings (SSSR count). The number of esters is 1. The van der Waals surface area contributed by atoms with Crippen LogP contribution in [0.15, 0.2) is 22.3 Å². The van der Waals surface area contributed by atoms with Crippen molar-refractivity contribution in [3.05, 3.63) is 43.9 Å². The number of rotatable bonds is 5. The zero-order valence-corrected chi connectivity index (χ0v) is 13.3. The summed E-state index contributed by atoms with van der Waals surface area (Å²) in [5, 5.41) is 8.46. The molecule has 0 saturated heterocycles. The van der Waals surface area contributed by atoms with Gasteiger partial charge >= 0.3 is 11.7 Å². The van der Waals surface area contributed by atoms with Crippen molar-refractivity contribution in [3.63, 3.8) is 0 Å². The fourth-order valence-electron chi connectivity index (χ4n) is 1.65. The normalized spacial score (nSPS) is 10.8. The standard InChI is InChI=1S/C12H9ClN4O3S2/c13-8-2-1-7(22-8)11-14-6(5-21-11)3-10(18)20-4-9-15-12(19)17-16-9/h1-2,5H,3-4H2,(H2,15,16,17,19). The van der Waals surface area contributed by atoms with Crippen LogP contribution in [0.5, 0.6) is 0 Å². The lowest BCUT2D eigenvalue weighted by atomic mass is 10.3. The molecule has 0 aliphatic rings. The SMILES string of the molecule is O=C(Cc1csc(-c2ccc(Cl)s2)n1)OCc1n[nH]c(=O)[nH]1. The molecule has 22 heavy (non-hydrogen) atoms. The maximum Gasteiger partial charge on any atom is 0.340 e. The quantitative estimate of drug-likeness (QED) is 0.683. The molecule has 114 valence electrons. The van der Waals surface area contributed by atoms with Crippen molar-refractivity contribution in [3.8, 4) is 9.88 Å². The van der Waals surface area contributed by atoms with Crippen LogP contribution in [0.25, 0.3) is 9.88 Å². The van der Waals surface area contributed by atoms with E-state index in [-0.39, 0.29) is 18.9 Å². The van der Waals surface area contributed by atoms with Crippen LogP contribution < -0.4 is 5.69 Å². The average Bonchev–Trinajstić information content (AvgIpc) is 3.18. The molecule has 0 saturated carbocycles. The number of thiazole rings is 1. The third-order valence-electron chi connectivity index (χ3n) is 2.58. The monoisotopic (exact) mass is 356 g/mol. The number of thiophene rings is 1. The average molecular weight is 357 g/mol. The molecule has 0 bridgehead atoms. The first kappa shape index (κ1) is 14.9. The van der Waals surface area contributed by atoms with Crippen LogP contribution in [0.4, 0.5) is 0 Å². The minimum absolute atomic E-state index is 0.0598. The van der Waals surface area contributed by atoms with Crippen LogP contribution in [0.3, 0.4) is 0 Å². The summed E-state index contributed by atoms with van der Waals surface area (Å²) in [5.41, 5.74) is 0.190. The van der Waals surface area contributed by atoms with Crippen molar-refractivity contribution in [1.82, 2.24) is 20.2 Å². The highest BCUT2D eigenvalue weighted by Crippen LogP contribution is 2.32. The van der Waals surface area contributed by atoms with E-state index in [1.165, 1.54) is 22.7 Å². The highest BCUT2D eigenvalue weighted by molar-refractivity contribution is 7.23. The Morgan fingerprint density at radius 3 is 2.95 bits per heavy atom. The molecule has 2 N–H and O–H groups in total. The van der Waals surface area contributed by atoms with E-state index in [1.54, 1.807) is 5.38 Å². The van der Waals surface area contributed by atoms with Gasteiger partial charge in [-0.3, -0.25) is 9.78 Å². The molecule has 0 aliphatic heterocycles. The number of hydrogen-bond acceptors (Lipinski definition) is 7. The summed E-state index contributed by atoms with van der Waals surface area (Å²) in [7, 11) is 0. The molecule has 10 heteroatoms. The maximum absolute atomic E-state index is 11.7. The Kier molecular flexibility index (Phi) is 4.36. The molecule has 0 radical (unpaired) electrons. The van der Waals surface area contributed by atoms with Crippen molar-refractivity contribution < 1.29 is 9.53 Å². The highest BCUT2D eigenvalue weighted by atomic mass is 35.5. The highest BCUT2D eigenvalue weighted by Gasteiger charge is 2.12. The Morgan fingerprint density at radius 2 is 2.27 bits per heavy atom. The van der Waals surface area contributed by atoms with E-state index in [0.717, 1.165) is 9.88 Å². The van der Waals surface area contributed by atoms with Gasteiger partial charge in [-0.25, -0.2) is 14.9 Å². The first-order valence-electron chi connectivity index (χ1n) is 6.09. The van der Waals surface area contributed by atoms with Crippen molar-refractivity contribution >= 4 is 40.2 Å². The molecular formula is C12H9ClN4O3S2. The van der Waals surface area contributed by atoms with Crippen LogP contribution in [0.1, 0.15) is 11.5 Å². The number of carbonyl (C=O) groups excluding carboxylic acids is 1. The number of halogens is 1. The van der Waals surface area contributed by atoms with E-state index >= 15 is 0 Å². The van der Waals surface area contributed by atoms with E-state index in [4.69, 9.17) is 16.3 Å². The zero-order chi connectivity index (χ0) is 15.5. The van der Waals surface area contributed by atoms with Gasteiger partial charge in [0.05, 0.1) is 21.3 Å². The molecule has 0 amide bonds. The van der Waals surface area contributed by atoms with Gasteiger partial charge in [-0.1, -0.05) is 11.6 Å². The number of aromatic amines is 2. The topological polar surface area (TPSA) is 101 Å². The molecule has 0 atom stereocenters. The molecule has 0 spiro atoms. The van der Waals surface area contributed by atoms with Crippen LogP contribution in [-0.4, -0.2) is 26.1 Å². The van der Waals surface area contributed by atoms with Gasteiger partial charge < -0.3 is 4.74 Å². The third kappa shape index (κ3) is 3.62. The fraction of sp³-hybridized carbons (Fsp3) is 0.167. The predicted molar refractivity (Wildman–Crippen MR) is 83.1 cm³/mol. The lowest BCUT2D eigenvalue weighted by Crippen LogP contribution is -2.09. The van der Waals surface area contributed by atoms with Gasteiger partial charge in [0, 0.05) is 5.38 Å². The van der Waals surface area contributed by atoms with Crippen LogP contribution >= 0.6 is 34.3 Å². The number of aromatic nitrogens is 4. The van der Waals surface area contributed by atoms with Crippen molar-refractivity contribution in [2.45, 2.75) is 13.0 Å². The summed E-state index contributed by atoms with van der Waals surface area (Å²) < 4.78 is 5.71. The van der Waals surface area contributed by atoms with Crippen molar-refractivity contribution in [2.75, 3.05) is 0 Å². The van der Waals surface area contributed by atoms with Gasteiger partial charge in [-0.05, 0) is 12.1 Å². The first-order valence-corrected chi connectivity index (χ1v) is 8.17. The van der Waals surface area contributed by atoms with Gasteiger partial charge in [0.25, 0.3) is 0 Å². The number of H-pyrrole nitrogens is 2.